The van der Waals surface area contributed by atoms with Crippen molar-refractivity contribution in [3.05, 3.63) is 45.7 Å². The number of benzene rings is 1. The summed E-state index contributed by atoms with van der Waals surface area (Å²) in [5, 5.41) is 14.1. The van der Waals surface area contributed by atoms with E-state index in [1.54, 1.807) is 0 Å². The number of quaternary nitrogens is 1. The minimum atomic E-state index is -0.120. The Kier molecular flexibility index (Phi) is 7.56. The van der Waals surface area contributed by atoms with E-state index >= 15 is 0 Å². The maximum absolute atomic E-state index is 12.4. The summed E-state index contributed by atoms with van der Waals surface area (Å²) in [5.74, 6) is 0. The number of nitrogens with zero attached hydrogens (tertiary/aromatic N) is 1. The molecule has 1 aromatic heterocycles. The number of hydrogen-bond donors (Lipinski definition) is 4. The Labute approximate surface area is 159 Å². The van der Waals surface area contributed by atoms with Gasteiger partial charge in [0.1, 0.15) is 0 Å². The highest BCUT2D eigenvalue weighted by atomic mass is 32.1. The SMILES string of the molecule is Cc1ccc2cc(CN(CCO)C(=S)NCCC[NH+](C)C)c(=O)[nH]c2c1. The topological polar surface area (TPSA) is 72.8 Å². The number of fused-ring (bicyclic) bond motifs is 1. The van der Waals surface area contributed by atoms with Crippen LogP contribution in [-0.2, 0) is 6.54 Å². The molecule has 1 aromatic carbocycles. The van der Waals surface area contributed by atoms with E-state index in [9.17, 15) is 9.90 Å². The second-order valence-corrected chi connectivity index (χ2v) is 7.29. The molecule has 0 amide bonds. The molecule has 0 bridgehead atoms. The number of nitrogens with one attached hydrogen (secondary N) is 3. The average Bonchev–Trinajstić information content (AvgIpc) is 2.58. The molecule has 0 aliphatic carbocycles. The van der Waals surface area contributed by atoms with E-state index in [1.807, 2.05) is 36.1 Å². The van der Waals surface area contributed by atoms with Gasteiger partial charge in [0, 0.05) is 30.6 Å². The average molecular weight is 378 g/mol. The third-order valence-corrected chi connectivity index (χ3v) is 4.63. The Hall–Kier alpha value is -1.96. The molecule has 0 saturated carbocycles. The highest BCUT2D eigenvalue weighted by Gasteiger charge is 2.13. The minimum Gasteiger partial charge on any atom is -0.395 e. The summed E-state index contributed by atoms with van der Waals surface area (Å²) in [6.07, 6.45) is 1.01. The van der Waals surface area contributed by atoms with Crippen molar-refractivity contribution in [2.24, 2.45) is 0 Å². The fourth-order valence-corrected chi connectivity index (χ4v) is 3.06. The lowest BCUT2D eigenvalue weighted by atomic mass is 10.1. The molecule has 4 N–H and O–H groups in total. The number of pyridine rings is 1. The summed E-state index contributed by atoms with van der Waals surface area (Å²) in [5.41, 5.74) is 2.45. The van der Waals surface area contributed by atoms with E-state index in [1.165, 1.54) is 4.90 Å². The number of thiocarbonyl (C=S) groups is 1. The van der Waals surface area contributed by atoms with Gasteiger partial charge in [-0.05, 0) is 42.2 Å². The van der Waals surface area contributed by atoms with Crippen molar-refractivity contribution < 1.29 is 10.0 Å². The van der Waals surface area contributed by atoms with Crippen LogP contribution in [0.2, 0.25) is 0 Å². The van der Waals surface area contributed by atoms with Gasteiger partial charge >= 0.3 is 0 Å². The molecular weight excluding hydrogens is 348 g/mol. The third kappa shape index (κ3) is 5.79. The van der Waals surface area contributed by atoms with E-state index in [0.717, 1.165) is 36.0 Å². The molecular formula is C19H29N4O2S+. The molecule has 1 heterocycles. The molecule has 0 radical (unpaired) electrons. The van der Waals surface area contributed by atoms with Gasteiger partial charge in [0.2, 0.25) is 0 Å². The summed E-state index contributed by atoms with van der Waals surface area (Å²) < 4.78 is 0. The molecule has 2 rings (SSSR count). The number of aliphatic hydroxyl groups excluding tert-OH is 1. The molecule has 7 heteroatoms. The molecule has 0 spiro atoms. The molecule has 0 atom stereocenters. The fraction of sp³-hybridized carbons (Fsp3) is 0.474. The van der Waals surface area contributed by atoms with Crippen molar-refractivity contribution in [1.82, 2.24) is 15.2 Å². The second kappa shape index (κ2) is 9.66. The number of aliphatic hydroxyl groups is 1. The highest BCUT2D eigenvalue weighted by molar-refractivity contribution is 7.80. The third-order valence-electron chi connectivity index (χ3n) is 4.23. The molecule has 0 fully saturated rings. The van der Waals surface area contributed by atoms with Crippen LogP contribution >= 0.6 is 12.2 Å². The van der Waals surface area contributed by atoms with Crippen molar-refractivity contribution >= 4 is 28.2 Å². The predicted molar refractivity (Wildman–Crippen MR) is 110 cm³/mol. The number of aromatic nitrogens is 1. The second-order valence-electron chi connectivity index (χ2n) is 6.90. The molecule has 0 aliphatic heterocycles. The van der Waals surface area contributed by atoms with Crippen LogP contribution in [-0.4, -0.2) is 60.4 Å². The van der Waals surface area contributed by atoms with Gasteiger partial charge in [-0.3, -0.25) is 4.79 Å². The van der Waals surface area contributed by atoms with E-state index in [-0.39, 0.29) is 12.2 Å². The smallest absolute Gasteiger partial charge is 0.253 e. The van der Waals surface area contributed by atoms with Crippen molar-refractivity contribution in [3.63, 3.8) is 0 Å². The van der Waals surface area contributed by atoms with Gasteiger partial charge in [0.25, 0.3) is 5.56 Å². The molecule has 142 valence electrons. The summed E-state index contributed by atoms with van der Waals surface area (Å²) >= 11 is 5.46. The largest absolute Gasteiger partial charge is 0.395 e. The molecule has 0 saturated heterocycles. The zero-order valence-corrected chi connectivity index (χ0v) is 16.6. The Morgan fingerprint density at radius 3 is 2.81 bits per heavy atom. The van der Waals surface area contributed by atoms with Gasteiger partial charge in [-0.25, -0.2) is 0 Å². The maximum atomic E-state index is 12.4. The number of hydrogen-bond acceptors (Lipinski definition) is 3. The molecule has 26 heavy (non-hydrogen) atoms. The van der Waals surface area contributed by atoms with Crippen LogP contribution in [0.5, 0.6) is 0 Å². The van der Waals surface area contributed by atoms with Crippen LogP contribution in [0.15, 0.2) is 29.1 Å². The Morgan fingerprint density at radius 2 is 2.12 bits per heavy atom. The minimum absolute atomic E-state index is 0.0195. The highest BCUT2D eigenvalue weighted by Crippen LogP contribution is 2.14. The van der Waals surface area contributed by atoms with Crippen molar-refractivity contribution in [2.45, 2.75) is 19.9 Å². The first-order valence-corrected chi connectivity index (χ1v) is 9.36. The number of aryl methyl sites for hydroxylation is 1. The van der Waals surface area contributed by atoms with Crippen LogP contribution < -0.4 is 15.8 Å². The molecule has 0 unspecified atom stereocenters. The van der Waals surface area contributed by atoms with Crippen LogP contribution in [0.4, 0.5) is 0 Å². The van der Waals surface area contributed by atoms with Gasteiger partial charge in [0.05, 0.1) is 33.8 Å². The fourth-order valence-electron chi connectivity index (χ4n) is 2.81. The van der Waals surface area contributed by atoms with Crippen LogP contribution in [0.3, 0.4) is 0 Å². The Morgan fingerprint density at radius 1 is 1.35 bits per heavy atom. The first-order chi connectivity index (χ1) is 12.4. The summed E-state index contributed by atoms with van der Waals surface area (Å²) in [6.45, 7) is 4.56. The van der Waals surface area contributed by atoms with E-state index in [4.69, 9.17) is 12.2 Å². The number of rotatable bonds is 8. The zero-order chi connectivity index (χ0) is 19.1. The van der Waals surface area contributed by atoms with Crippen molar-refractivity contribution in [3.8, 4) is 0 Å². The summed E-state index contributed by atoms with van der Waals surface area (Å²) in [4.78, 5) is 18.6. The first-order valence-electron chi connectivity index (χ1n) is 8.96. The summed E-state index contributed by atoms with van der Waals surface area (Å²) in [6, 6.07) is 7.89. The van der Waals surface area contributed by atoms with Crippen LogP contribution in [0.25, 0.3) is 10.9 Å². The Bertz CT molecular complexity index is 804. The van der Waals surface area contributed by atoms with Gasteiger partial charge in [0.15, 0.2) is 5.11 Å². The van der Waals surface area contributed by atoms with E-state index < -0.39 is 0 Å². The lowest BCUT2D eigenvalue weighted by Gasteiger charge is -2.25. The van der Waals surface area contributed by atoms with E-state index in [0.29, 0.717) is 23.8 Å². The van der Waals surface area contributed by atoms with Gasteiger partial charge in [-0.2, -0.15) is 0 Å². The van der Waals surface area contributed by atoms with Gasteiger partial charge < -0.3 is 25.2 Å². The molecule has 2 aromatic rings. The predicted octanol–water partition coefficient (Wildman–Crippen LogP) is 0.0399. The number of H-pyrrole nitrogens is 1. The molecule has 0 aliphatic rings. The summed E-state index contributed by atoms with van der Waals surface area (Å²) in [7, 11) is 4.23. The Balaban J connectivity index is 2.10. The normalized spacial score (nSPS) is 11.1. The van der Waals surface area contributed by atoms with Crippen molar-refractivity contribution in [1.29, 1.82) is 0 Å². The standard InChI is InChI=1S/C19H28N4O2S/c1-14-5-6-15-12-16(18(25)21-17(15)11-14)13-23(9-10-24)19(26)20-7-4-8-22(2)3/h5-6,11-12,24H,4,7-10,13H2,1-3H3,(H,20,26)(H,21,25)/p+1. The lowest BCUT2D eigenvalue weighted by Crippen LogP contribution is -3.05. The van der Waals surface area contributed by atoms with Crippen LogP contribution in [0.1, 0.15) is 17.5 Å². The number of aromatic amines is 1. The lowest BCUT2D eigenvalue weighted by molar-refractivity contribution is -0.858. The van der Waals surface area contributed by atoms with E-state index in [2.05, 4.69) is 24.4 Å². The molecule has 6 nitrogen and oxygen atoms in total. The van der Waals surface area contributed by atoms with Crippen molar-refractivity contribution in [2.75, 3.05) is 40.3 Å². The van der Waals surface area contributed by atoms with Crippen LogP contribution in [0, 0.1) is 6.92 Å². The quantitative estimate of drug-likeness (QED) is 0.386. The van der Waals surface area contributed by atoms with Gasteiger partial charge in [-0.15, -0.1) is 0 Å². The van der Waals surface area contributed by atoms with Gasteiger partial charge in [-0.1, -0.05) is 12.1 Å². The first kappa shape index (κ1) is 20.4. The zero-order valence-electron chi connectivity index (χ0n) is 15.8. The maximum Gasteiger partial charge on any atom is 0.253 e. The monoisotopic (exact) mass is 377 g/mol.